The third-order valence-electron chi connectivity index (χ3n) is 3.47. The highest BCUT2D eigenvalue weighted by atomic mass is 79.9. The van der Waals surface area contributed by atoms with Gasteiger partial charge in [0.2, 0.25) is 10.0 Å². The van der Waals surface area contributed by atoms with Crippen LogP contribution in [0, 0.1) is 0 Å². The van der Waals surface area contributed by atoms with E-state index in [1.54, 1.807) is 24.3 Å². The molecule has 0 aliphatic carbocycles. The molecule has 0 bridgehead atoms. The molecule has 0 unspecified atom stereocenters. The van der Waals surface area contributed by atoms with Crippen molar-refractivity contribution >= 4 is 54.0 Å². The van der Waals surface area contributed by atoms with Crippen molar-refractivity contribution < 1.29 is 13.2 Å². The number of aromatic nitrogens is 2. The first kappa shape index (κ1) is 19.5. The first-order valence-electron chi connectivity index (χ1n) is 7.85. The summed E-state index contributed by atoms with van der Waals surface area (Å²) in [4.78, 5) is 12.2. The lowest BCUT2D eigenvalue weighted by Crippen LogP contribution is -2.11. The number of carbonyl (C=O) groups excluding carboxylic acids is 1. The number of anilines is 1. The molecule has 0 radical (unpaired) electrons. The van der Waals surface area contributed by atoms with Crippen LogP contribution in [-0.2, 0) is 16.4 Å². The van der Waals surface area contributed by atoms with Crippen LogP contribution in [0.1, 0.15) is 22.3 Å². The summed E-state index contributed by atoms with van der Waals surface area (Å²) in [5.74, 6) is -0.288. The zero-order chi connectivity index (χ0) is 19.4. The third-order valence-corrected chi connectivity index (χ3v) is 6.36. The normalized spacial score (nSPS) is 11.2. The number of sulfonamides is 1. The summed E-state index contributed by atoms with van der Waals surface area (Å²) >= 11 is 4.45. The van der Waals surface area contributed by atoms with Gasteiger partial charge in [0, 0.05) is 20.9 Å². The van der Waals surface area contributed by atoms with E-state index < -0.39 is 10.0 Å². The number of nitrogens with one attached hydrogen (secondary N) is 1. The van der Waals surface area contributed by atoms with E-state index in [0.29, 0.717) is 17.7 Å². The molecule has 3 rings (SSSR count). The molecule has 0 aliphatic rings. The van der Waals surface area contributed by atoms with Crippen LogP contribution < -0.4 is 5.32 Å². The number of halogens is 1. The molecule has 1 N–H and O–H groups in total. The van der Waals surface area contributed by atoms with E-state index >= 15 is 0 Å². The summed E-state index contributed by atoms with van der Waals surface area (Å²) in [6.45, 7) is 1.90. The molecule has 0 saturated carbocycles. The van der Waals surface area contributed by atoms with Crippen LogP contribution in [0.25, 0.3) is 4.72 Å². The maximum atomic E-state index is 12.4. The van der Waals surface area contributed by atoms with Crippen molar-refractivity contribution in [1.29, 1.82) is 0 Å². The van der Waals surface area contributed by atoms with Gasteiger partial charge in [-0.15, -0.1) is 11.3 Å². The predicted octanol–water partition coefficient (Wildman–Crippen LogP) is 4.51. The van der Waals surface area contributed by atoms with E-state index in [-0.39, 0.29) is 15.9 Å². The Morgan fingerprint density at radius 1 is 1.11 bits per heavy atom. The van der Waals surface area contributed by atoms with E-state index in [1.165, 1.54) is 24.3 Å². The van der Waals surface area contributed by atoms with Gasteiger partial charge in [0.05, 0.1) is 9.90 Å². The van der Waals surface area contributed by atoms with E-state index in [2.05, 4.69) is 36.2 Å². The minimum atomic E-state index is -3.90. The quantitative estimate of drug-likeness (QED) is 0.576. The van der Waals surface area contributed by atoms with Crippen LogP contribution in [0.5, 0.6) is 0 Å². The van der Waals surface area contributed by atoms with Gasteiger partial charge in [-0.2, -0.15) is 0 Å². The number of nitrogens with zero attached hydrogens (tertiary/aromatic N) is 3. The summed E-state index contributed by atoms with van der Waals surface area (Å²) in [5, 5.41) is 11.1. The average molecular weight is 466 g/mol. The van der Waals surface area contributed by atoms with Crippen LogP contribution >= 0.6 is 27.3 Å². The van der Waals surface area contributed by atoms with Crippen LogP contribution in [0.2, 0.25) is 0 Å². The highest BCUT2D eigenvalue weighted by Crippen LogP contribution is 2.31. The van der Waals surface area contributed by atoms with Gasteiger partial charge in [0.25, 0.3) is 5.91 Å². The fourth-order valence-electron chi connectivity index (χ4n) is 2.09. The minimum Gasteiger partial charge on any atom is -0.342 e. The number of aryl methyl sites for hydroxylation is 1. The Morgan fingerprint density at radius 2 is 1.78 bits per heavy atom. The van der Waals surface area contributed by atoms with Crippen LogP contribution in [0.4, 0.5) is 10.8 Å². The Bertz CT molecular complexity index is 1050. The number of amides is 1. The smallest absolute Gasteiger partial charge is 0.255 e. The van der Waals surface area contributed by atoms with Crippen LogP contribution in [-0.4, -0.2) is 24.5 Å². The predicted molar refractivity (Wildman–Crippen MR) is 108 cm³/mol. The molecule has 0 spiro atoms. The molecule has 1 heterocycles. The molecule has 7 nitrogen and oxygen atoms in total. The van der Waals surface area contributed by atoms with Crippen molar-refractivity contribution in [3.63, 3.8) is 0 Å². The Labute approximate surface area is 169 Å². The van der Waals surface area contributed by atoms with Gasteiger partial charge in [-0.05, 0) is 55.0 Å². The van der Waals surface area contributed by atoms with Crippen molar-refractivity contribution in [3.05, 3.63) is 68.3 Å². The van der Waals surface area contributed by atoms with Gasteiger partial charge in [-0.3, -0.25) is 9.89 Å². The molecule has 0 aliphatic heterocycles. The van der Waals surface area contributed by atoms with Crippen molar-refractivity contribution in [2.24, 2.45) is 0 Å². The summed E-state index contributed by atoms with van der Waals surface area (Å²) in [6.07, 6.45) is 0.667. The fourth-order valence-corrected chi connectivity index (χ4v) is 4.15. The van der Waals surface area contributed by atoms with Gasteiger partial charge >= 0.3 is 0 Å². The number of benzene rings is 2. The second kappa shape index (κ2) is 8.15. The molecule has 1 amide bonds. The SMILES string of the molecule is CCc1nnc([N-]S(=O)(=O)c2ccc(NC(=O)c3ccc(Br)cc3)cc2)s1. The molecular formula is C17H14BrN4O3S2-. The van der Waals surface area contributed by atoms with Crippen molar-refractivity contribution in [2.45, 2.75) is 18.2 Å². The molecular weight excluding hydrogens is 452 g/mol. The number of rotatable bonds is 6. The second-order valence-electron chi connectivity index (χ2n) is 5.38. The first-order chi connectivity index (χ1) is 12.9. The van der Waals surface area contributed by atoms with Crippen LogP contribution in [0.3, 0.4) is 0 Å². The Hall–Kier alpha value is -2.30. The number of hydrogen-bond donors (Lipinski definition) is 1. The van der Waals surface area contributed by atoms with E-state index in [0.717, 1.165) is 20.8 Å². The highest BCUT2D eigenvalue weighted by molar-refractivity contribution is 9.10. The fraction of sp³-hybridized carbons (Fsp3) is 0.118. The second-order valence-corrected chi connectivity index (χ2v) is 8.94. The summed E-state index contributed by atoms with van der Waals surface area (Å²) in [7, 11) is -3.90. The monoisotopic (exact) mass is 465 g/mol. The van der Waals surface area contributed by atoms with Gasteiger partial charge in [-0.1, -0.05) is 22.9 Å². The van der Waals surface area contributed by atoms with Crippen LogP contribution in [0.15, 0.2) is 57.9 Å². The lowest BCUT2D eigenvalue weighted by molar-refractivity contribution is 0.102. The molecule has 2 aromatic carbocycles. The Morgan fingerprint density at radius 3 is 2.37 bits per heavy atom. The zero-order valence-electron chi connectivity index (χ0n) is 14.1. The third kappa shape index (κ3) is 4.90. The molecule has 27 heavy (non-hydrogen) atoms. The van der Waals surface area contributed by atoms with Crippen molar-refractivity contribution in [3.8, 4) is 0 Å². The Kier molecular flexibility index (Phi) is 5.88. The molecule has 0 fully saturated rings. The highest BCUT2D eigenvalue weighted by Gasteiger charge is 2.12. The minimum absolute atomic E-state index is 0.0115. The summed E-state index contributed by atoms with van der Waals surface area (Å²) < 4.78 is 29.3. The largest absolute Gasteiger partial charge is 0.342 e. The van der Waals surface area contributed by atoms with E-state index in [9.17, 15) is 13.2 Å². The molecule has 0 atom stereocenters. The van der Waals surface area contributed by atoms with Gasteiger partial charge in [-0.25, -0.2) is 8.42 Å². The lowest BCUT2D eigenvalue weighted by Gasteiger charge is -2.12. The maximum absolute atomic E-state index is 12.4. The maximum Gasteiger partial charge on any atom is 0.255 e. The number of hydrogen-bond acceptors (Lipinski definition) is 6. The molecule has 0 saturated heterocycles. The van der Waals surface area contributed by atoms with Gasteiger partial charge in [0.1, 0.15) is 0 Å². The van der Waals surface area contributed by atoms with Crippen molar-refractivity contribution in [2.75, 3.05) is 5.32 Å². The molecule has 3 aromatic rings. The zero-order valence-corrected chi connectivity index (χ0v) is 17.3. The van der Waals surface area contributed by atoms with Gasteiger partial charge < -0.3 is 15.1 Å². The molecule has 140 valence electrons. The standard InChI is InChI=1S/C17H15BrN4O3S2/c1-2-15-20-21-17(26-15)22-27(24,25)14-9-7-13(8-10-14)19-16(23)11-3-5-12(18)6-4-11/h3-10H,2H2,1H3,(H2,19,21,22,23)/p-1. The van der Waals surface area contributed by atoms with Crippen molar-refractivity contribution in [1.82, 2.24) is 10.2 Å². The molecule has 1 aromatic heterocycles. The summed E-state index contributed by atoms with van der Waals surface area (Å²) in [5.41, 5.74) is 0.971. The van der Waals surface area contributed by atoms with Gasteiger partial charge in [0.15, 0.2) is 0 Å². The average Bonchev–Trinajstić information content (AvgIpc) is 3.09. The Balaban J connectivity index is 1.70. The van der Waals surface area contributed by atoms with E-state index in [1.807, 2.05) is 6.92 Å². The van der Waals surface area contributed by atoms with E-state index in [4.69, 9.17) is 0 Å². The lowest BCUT2D eigenvalue weighted by atomic mass is 10.2. The summed E-state index contributed by atoms with van der Waals surface area (Å²) in [6, 6.07) is 12.7. The molecule has 10 heteroatoms. The topological polar surface area (TPSA) is 103 Å². The first-order valence-corrected chi connectivity index (χ1v) is 10.9. The number of carbonyl (C=O) groups is 1.